The number of ether oxygens (including phenoxy) is 1. The van der Waals surface area contributed by atoms with Crippen LogP contribution in [0.1, 0.15) is 39.7 Å². The smallest absolute Gasteiger partial charge is 0.875 e. The Morgan fingerprint density at radius 2 is 1.90 bits per heavy atom. The van der Waals surface area contributed by atoms with Crippen molar-refractivity contribution in [1.29, 1.82) is 0 Å². The van der Waals surface area contributed by atoms with E-state index in [4.69, 9.17) is 4.74 Å². The maximum Gasteiger partial charge on any atom is 1.00 e. The van der Waals surface area contributed by atoms with E-state index in [0.717, 1.165) is 18.3 Å². The molecule has 0 N–H and O–H groups in total. The number of methoxy groups -OCH3 is 1. The van der Waals surface area contributed by atoms with Crippen LogP contribution >= 0.6 is 11.8 Å². The topological polar surface area (TPSA) is 79.3 Å². The fraction of sp³-hybridized carbons (Fsp3) is 0.550. The molecule has 0 bridgehead atoms. The summed E-state index contributed by atoms with van der Waals surface area (Å²) in [6, 6.07) is 2.22. The van der Waals surface area contributed by atoms with Crippen LogP contribution in [-0.2, 0) is 20.5 Å². The van der Waals surface area contributed by atoms with Crippen LogP contribution in [0, 0.1) is 17.3 Å². The van der Waals surface area contributed by atoms with Gasteiger partial charge in [0.1, 0.15) is 0 Å². The van der Waals surface area contributed by atoms with Crippen LogP contribution in [0.3, 0.4) is 0 Å². The molecule has 2 unspecified atom stereocenters. The summed E-state index contributed by atoms with van der Waals surface area (Å²) in [6.07, 6.45) is -2.74. The first-order chi connectivity index (χ1) is 13.5. The number of ketones is 1. The molecule has 0 saturated carbocycles. The molecule has 2 rings (SSSR count). The van der Waals surface area contributed by atoms with Crippen LogP contribution < -0.4 is 34.7 Å². The number of carbonyl (C=O) groups excluding carboxylic acids is 2. The van der Waals surface area contributed by atoms with E-state index >= 15 is 0 Å². The average molecular weight is 455 g/mol. The molecule has 0 amide bonds. The Hall–Kier alpha value is -1.03. The number of hydrogen-bond acceptors (Lipinski definition) is 6. The number of pyridine rings is 1. The van der Waals surface area contributed by atoms with Crippen LogP contribution in [0.5, 0.6) is 0 Å². The molecule has 10 heteroatoms. The maximum absolute atomic E-state index is 12.6. The molecule has 5 nitrogen and oxygen atoms in total. The van der Waals surface area contributed by atoms with Crippen LogP contribution in [0.15, 0.2) is 35.2 Å². The SMILES string of the molecule is CC.COC(=O)C1C([O-])=CC(=O)CC1C(C)(C)CSc1ccc(C(F)(F)F)cn1.[Na+]. The van der Waals surface area contributed by atoms with E-state index in [2.05, 4.69) is 4.98 Å². The predicted octanol–water partition coefficient (Wildman–Crippen LogP) is 0.871. The summed E-state index contributed by atoms with van der Waals surface area (Å²) in [6.45, 7) is 7.60. The van der Waals surface area contributed by atoms with Crippen molar-refractivity contribution in [3.8, 4) is 0 Å². The Labute approximate surface area is 201 Å². The summed E-state index contributed by atoms with van der Waals surface area (Å²) < 4.78 is 42.5. The Kier molecular flexibility index (Phi) is 11.7. The normalized spacial score (nSPS) is 19.1. The van der Waals surface area contributed by atoms with Gasteiger partial charge in [-0.05, 0) is 29.5 Å². The van der Waals surface area contributed by atoms with Gasteiger partial charge in [0.25, 0.3) is 0 Å². The fourth-order valence-corrected chi connectivity index (χ4v) is 4.00. The molecule has 0 fully saturated rings. The first-order valence-corrected chi connectivity index (χ1v) is 10.1. The summed E-state index contributed by atoms with van der Waals surface area (Å²) in [5, 5.41) is 12.5. The average Bonchev–Trinajstić information content (AvgIpc) is 2.66. The molecular weight excluding hydrogens is 430 g/mol. The van der Waals surface area contributed by atoms with E-state index in [9.17, 15) is 27.9 Å². The van der Waals surface area contributed by atoms with Gasteiger partial charge in [0.15, 0.2) is 5.78 Å². The van der Waals surface area contributed by atoms with Crippen molar-refractivity contribution in [2.45, 2.75) is 45.3 Å². The Morgan fingerprint density at radius 3 is 2.37 bits per heavy atom. The van der Waals surface area contributed by atoms with E-state index in [1.54, 1.807) is 13.8 Å². The molecule has 2 atom stereocenters. The Balaban J connectivity index is 0.00000272. The van der Waals surface area contributed by atoms with Crippen molar-refractivity contribution < 1.29 is 62.2 Å². The van der Waals surface area contributed by atoms with Crippen LogP contribution in [0.4, 0.5) is 13.2 Å². The zero-order valence-electron chi connectivity index (χ0n) is 18.0. The number of carbonyl (C=O) groups is 2. The summed E-state index contributed by atoms with van der Waals surface area (Å²) >= 11 is 1.20. The zero-order chi connectivity index (χ0) is 22.4. The van der Waals surface area contributed by atoms with E-state index in [1.807, 2.05) is 13.8 Å². The molecule has 30 heavy (non-hydrogen) atoms. The van der Waals surface area contributed by atoms with Gasteiger partial charge >= 0.3 is 41.7 Å². The molecule has 1 heterocycles. The van der Waals surface area contributed by atoms with Crippen molar-refractivity contribution in [2.24, 2.45) is 17.3 Å². The summed E-state index contributed by atoms with van der Waals surface area (Å²) in [5.41, 5.74) is -1.48. The minimum atomic E-state index is -4.46. The van der Waals surface area contributed by atoms with Gasteiger partial charge in [0.2, 0.25) is 0 Å². The second-order valence-electron chi connectivity index (χ2n) is 6.98. The van der Waals surface area contributed by atoms with Gasteiger partial charge in [0, 0.05) is 18.4 Å². The van der Waals surface area contributed by atoms with E-state index < -0.39 is 40.7 Å². The maximum atomic E-state index is 12.6. The summed E-state index contributed by atoms with van der Waals surface area (Å²) in [4.78, 5) is 27.7. The molecule has 1 aliphatic carbocycles. The van der Waals surface area contributed by atoms with E-state index in [1.165, 1.54) is 24.9 Å². The number of rotatable bonds is 5. The standard InChI is InChI=1S/C18H20F3NO4S.C2H6.Na/c1-17(2,9-27-14-5-4-10(8-22-14)18(19,20)21)12-6-11(23)7-13(24)15(12)16(25)26-3;1-2;/h4-5,7-8,12,15,24H,6,9H2,1-3H3;1-2H3;/q;;+1/p-1. The zero-order valence-corrected chi connectivity index (χ0v) is 20.8. The molecule has 162 valence electrons. The number of halogens is 3. The number of hydrogen-bond donors (Lipinski definition) is 0. The third-order valence-corrected chi connectivity index (χ3v) is 5.97. The predicted molar refractivity (Wildman–Crippen MR) is 102 cm³/mol. The number of nitrogens with zero attached hydrogens (tertiary/aromatic N) is 1. The van der Waals surface area contributed by atoms with Crippen molar-refractivity contribution in [1.82, 2.24) is 4.98 Å². The molecule has 0 spiro atoms. The van der Waals surface area contributed by atoms with Gasteiger partial charge in [-0.3, -0.25) is 9.59 Å². The number of alkyl halides is 3. The molecule has 0 saturated heterocycles. The molecular formula is C20H25F3NNaO4S. The minimum absolute atomic E-state index is 0. The van der Waals surface area contributed by atoms with Gasteiger partial charge in [-0.2, -0.15) is 13.2 Å². The number of allylic oxidation sites excluding steroid dienone is 1. The number of esters is 1. The first kappa shape index (κ1) is 29.0. The number of thioether (sulfide) groups is 1. The third kappa shape index (κ3) is 7.59. The van der Waals surface area contributed by atoms with Gasteiger partial charge in [-0.15, -0.1) is 17.5 Å². The molecule has 1 aromatic rings. The quantitative estimate of drug-likeness (QED) is 0.373. The monoisotopic (exact) mass is 455 g/mol. The van der Waals surface area contributed by atoms with Crippen LogP contribution in [0.25, 0.3) is 0 Å². The number of aromatic nitrogens is 1. The van der Waals surface area contributed by atoms with Crippen molar-refractivity contribution in [3.63, 3.8) is 0 Å². The van der Waals surface area contributed by atoms with Crippen molar-refractivity contribution in [2.75, 3.05) is 12.9 Å². The third-order valence-electron chi connectivity index (χ3n) is 4.55. The van der Waals surface area contributed by atoms with Gasteiger partial charge in [-0.1, -0.05) is 27.7 Å². The Morgan fingerprint density at radius 1 is 1.30 bits per heavy atom. The molecule has 0 radical (unpaired) electrons. The molecule has 0 aromatic carbocycles. The summed E-state index contributed by atoms with van der Waals surface area (Å²) in [5.74, 6) is -2.91. The Bertz CT molecular complexity index is 751. The van der Waals surface area contributed by atoms with E-state index in [-0.39, 0.29) is 41.8 Å². The van der Waals surface area contributed by atoms with Gasteiger partial charge in [0.05, 0.1) is 23.6 Å². The second kappa shape index (κ2) is 12.1. The van der Waals surface area contributed by atoms with Crippen molar-refractivity contribution in [3.05, 3.63) is 35.7 Å². The molecule has 1 aliphatic rings. The van der Waals surface area contributed by atoms with Gasteiger partial charge in [-0.25, -0.2) is 4.98 Å². The van der Waals surface area contributed by atoms with Crippen LogP contribution in [-0.4, -0.2) is 29.6 Å². The molecule has 1 aromatic heterocycles. The van der Waals surface area contributed by atoms with Crippen LogP contribution in [0.2, 0.25) is 0 Å². The van der Waals surface area contributed by atoms with Crippen molar-refractivity contribution >= 4 is 23.5 Å². The van der Waals surface area contributed by atoms with Gasteiger partial charge < -0.3 is 9.84 Å². The van der Waals surface area contributed by atoms with E-state index in [0.29, 0.717) is 10.8 Å². The molecule has 0 aliphatic heterocycles. The second-order valence-corrected chi connectivity index (χ2v) is 7.98. The first-order valence-electron chi connectivity index (χ1n) is 9.11. The largest absolute Gasteiger partial charge is 1.00 e. The fourth-order valence-electron chi connectivity index (χ4n) is 2.98. The minimum Gasteiger partial charge on any atom is -0.875 e. The summed E-state index contributed by atoms with van der Waals surface area (Å²) in [7, 11) is 1.18.